The topological polar surface area (TPSA) is 38.7 Å². The molecule has 4 aromatic rings. The molecule has 4 aromatic carbocycles. The number of hydrogen-bond acceptors (Lipinski definition) is 3. The lowest BCUT2D eigenvalue weighted by Gasteiger charge is -2.19. The maximum Gasteiger partial charge on any atom is 0.353 e. The molecule has 0 amide bonds. The molecule has 1 aliphatic rings. The Balaban J connectivity index is 0.000000994. The van der Waals surface area contributed by atoms with Crippen LogP contribution in [-0.4, -0.2) is 11.2 Å². The van der Waals surface area contributed by atoms with Gasteiger partial charge in [-0.25, -0.2) is 0 Å². The first kappa shape index (κ1) is 19.6. The molecule has 0 radical (unpaired) electrons. The van der Waals surface area contributed by atoms with Gasteiger partial charge in [-0.1, -0.05) is 62.4 Å². The summed E-state index contributed by atoms with van der Waals surface area (Å²) in [7, 11) is -3.30. The molecular formula is C25H25O3P. The van der Waals surface area contributed by atoms with Crippen LogP contribution in [0.15, 0.2) is 60.7 Å². The van der Waals surface area contributed by atoms with Crippen molar-refractivity contribution in [3.8, 4) is 22.6 Å². The van der Waals surface area contributed by atoms with E-state index in [2.05, 4.69) is 42.7 Å². The number of benzene rings is 4. The minimum atomic E-state index is -3.30. The van der Waals surface area contributed by atoms with Crippen LogP contribution in [0.1, 0.15) is 25.0 Å². The van der Waals surface area contributed by atoms with E-state index in [0.29, 0.717) is 11.5 Å². The highest BCUT2D eigenvalue weighted by Crippen LogP contribution is 2.58. The first-order chi connectivity index (χ1) is 13.9. The van der Waals surface area contributed by atoms with Crippen molar-refractivity contribution in [1.82, 2.24) is 0 Å². The summed E-state index contributed by atoms with van der Waals surface area (Å²) in [6, 6.07) is 20.6. The second-order valence-electron chi connectivity index (χ2n) is 7.06. The quantitative estimate of drug-likeness (QED) is 0.313. The highest BCUT2D eigenvalue weighted by atomic mass is 31.2. The average molecular weight is 404 g/mol. The Hall–Kier alpha value is -2.74. The zero-order valence-corrected chi connectivity index (χ0v) is 18.1. The Labute approximate surface area is 171 Å². The van der Waals surface area contributed by atoms with Gasteiger partial charge in [0.05, 0.1) is 0 Å². The van der Waals surface area contributed by atoms with Crippen LogP contribution in [-0.2, 0) is 0 Å². The molecule has 1 aliphatic heterocycles. The molecule has 1 heterocycles. The average Bonchev–Trinajstić information content (AvgIpc) is 2.84. The summed E-state index contributed by atoms with van der Waals surface area (Å²) >= 11 is 0. The maximum atomic E-state index is 10.8. The molecule has 0 atom stereocenters. The molecule has 3 nitrogen and oxygen atoms in total. The van der Waals surface area contributed by atoms with Crippen molar-refractivity contribution >= 4 is 35.4 Å². The van der Waals surface area contributed by atoms with Gasteiger partial charge in [-0.15, -0.1) is 0 Å². The Morgan fingerprint density at radius 1 is 0.724 bits per heavy atom. The zero-order chi connectivity index (χ0) is 20.8. The summed E-state index contributed by atoms with van der Waals surface area (Å²) in [5, 5.41) is 4.39. The van der Waals surface area contributed by atoms with Crippen molar-refractivity contribution in [1.29, 1.82) is 0 Å². The third-order valence-corrected chi connectivity index (χ3v) is 6.03. The summed E-state index contributed by atoms with van der Waals surface area (Å²) in [5.74, 6) is 1.29. The second kappa shape index (κ2) is 7.26. The third kappa shape index (κ3) is 3.21. The van der Waals surface area contributed by atoms with E-state index in [-0.39, 0.29) is 0 Å². The van der Waals surface area contributed by atoms with E-state index >= 15 is 0 Å². The maximum absolute atomic E-state index is 10.8. The molecule has 5 rings (SSSR count). The van der Waals surface area contributed by atoms with Crippen LogP contribution < -0.4 is 9.05 Å². The van der Waals surface area contributed by atoms with Crippen molar-refractivity contribution in [3.63, 3.8) is 0 Å². The molecule has 0 spiro atoms. The van der Waals surface area contributed by atoms with Gasteiger partial charge in [0.15, 0.2) is 0 Å². The van der Waals surface area contributed by atoms with Gasteiger partial charge in [-0.3, -0.25) is 0 Å². The van der Waals surface area contributed by atoms with Crippen LogP contribution in [0.4, 0.5) is 0 Å². The molecular weight excluding hydrogens is 379 g/mol. The van der Waals surface area contributed by atoms with Gasteiger partial charge in [0, 0.05) is 17.4 Å². The fraction of sp³-hybridized carbons (Fsp3) is 0.160. The van der Waals surface area contributed by atoms with Crippen LogP contribution in [0, 0.1) is 13.8 Å². The highest BCUT2D eigenvalue weighted by molar-refractivity contribution is 7.59. The number of aryl methyl sites for hydroxylation is 2. The first-order valence-electron chi connectivity index (χ1n) is 9.85. The zero-order valence-electron chi connectivity index (χ0n) is 17.2. The normalized spacial score (nSPS) is 14.0. The fourth-order valence-electron chi connectivity index (χ4n) is 3.97. The summed E-state index contributed by atoms with van der Waals surface area (Å²) in [6.07, 6.45) is 3.85. The lowest BCUT2D eigenvalue weighted by Crippen LogP contribution is -2.00. The van der Waals surface area contributed by atoms with Crippen molar-refractivity contribution in [3.05, 3.63) is 71.8 Å². The lowest BCUT2D eigenvalue weighted by molar-refractivity contribution is 0.379. The number of hydrogen-bond donors (Lipinski definition) is 1. The number of rotatable bonds is 0. The summed E-state index contributed by atoms with van der Waals surface area (Å²) in [6.45, 7) is 7.99. The Morgan fingerprint density at radius 2 is 1.10 bits per heavy atom. The Morgan fingerprint density at radius 3 is 1.52 bits per heavy atom. The van der Waals surface area contributed by atoms with Crippen molar-refractivity contribution < 1.29 is 13.9 Å². The van der Waals surface area contributed by atoms with Gasteiger partial charge >= 0.3 is 7.57 Å². The molecule has 0 unspecified atom stereocenters. The van der Waals surface area contributed by atoms with E-state index in [4.69, 9.17) is 9.05 Å². The van der Waals surface area contributed by atoms with E-state index in [1.807, 2.05) is 52.0 Å². The van der Waals surface area contributed by atoms with Crippen LogP contribution in [0.2, 0.25) is 0 Å². The smallest absolute Gasteiger partial charge is 0.353 e. The standard InChI is InChI=1S/C23H19O3P.C2H6/c1-14-12-16-8-4-6-10-18(16)20-21-19-11-7-5-9-17(19)13-15(2)23(21)26-27(3,24)25-22(14)20;1-2/h4-13,24H,3H2,1-2H3;1-2H3. The highest BCUT2D eigenvalue weighted by Gasteiger charge is 2.31. The van der Waals surface area contributed by atoms with Crippen molar-refractivity contribution in [2.45, 2.75) is 27.7 Å². The van der Waals surface area contributed by atoms with E-state index in [9.17, 15) is 4.89 Å². The molecule has 29 heavy (non-hydrogen) atoms. The fourth-order valence-corrected chi connectivity index (χ4v) is 5.05. The predicted octanol–water partition coefficient (Wildman–Crippen LogP) is 7.26. The van der Waals surface area contributed by atoms with Crippen molar-refractivity contribution in [2.24, 2.45) is 0 Å². The van der Waals surface area contributed by atoms with E-state index < -0.39 is 7.57 Å². The molecule has 148 valence electrons. The lowest BCUT2D eigenvalue weighted by atomic mass is 9.89. The molecule has 0 fully saturated rings. The summed E-state index contributed by atoms with van der Waals surface area (Å²) < 4.78 is 12.0. The molecule has 0 saturated heterocycles. The minimum Gasteiger partial charge on any atom is -0.423 e. The Kier molecular flexibility index (Phi) is 4.90. The van der Waals surface area contributed by atoms with Gasteiger partial charge in [0.2, 0.25) is 0 Å². The minimum absolute atomic E-state index is 0.647. The van der Waals surface area contributed by atoms with E-state index in [1.54, 1.807) is 0 Å². The molecule has 0 aromatic heterocycles. The van der Waals surface area contributed by atoms with Gasteiger partial charge in [-0.05, 0) is 58.7 Å². The van der Waals surface area contributed by atoms with Gasteiger partial charge in [0.25, 0.3) is 0 Å². The summed E-state index contributed by atoms with van der Waals surface area (Å²) in [5.41, 5.74) is 3.82. The second-order valence-corrected chi connectivity index (χ2v) is 8.70. The van der Waals surface area contributed by atoms with Gasteiger partial charge < -0.3 is 13.9 Å². The van der Waals surface area contributed by atoms with Gasteiger partial charge in [0.1, 0.15) is 11.5 Å². The van der Waals surface area contributed by atoms with Crippen LogP contribution in [0.3, 0.4) is 0 Å². The molecule has 1 N–H and O–H groups in total. The van der Waals surface area contributed by atoms with Crippen LogP contribution in [0.25, 0.3) is 32.7 Å². The summed E-state index contributed by atoms with van der Waals surface area (Å²) in [4.78, 5) is 10.8. The largest absolute Gasteiger partial charge is 0.423 e. The molecule has 0 bridgehead atoms. The first-order valence-corrected chi connectivity index (χ1v) is 11.6. The SMILES string of the molecule is C=P1(O)Oc2c(C)cc3ccccc3c2-c2c(c(C)cc3ccccc23)O1.CC. The molecule has 4 heteroatoms. The molecule has 0 saturated carbocycles. The van der Waals surface area contributed by atoms with E-state index in [0.717, 1.165) is 43.8 Å². The third-order valence-electron chi connectivity index (χ3n) is 5.09. The predicted molar refractivity (Wildman–Crippen MR) is 125 cm³/mol. The van der Waals surface area contributed by atoms with Crippen molar-refractivity contribution in [2.75, 3.05) is 0 Å². The van der Waals surface area contributed by atoms with Gasteiger partial charge in [-0.2, -0.15) is 0 Å². The van der Waals surface area contributed by atoms with Crippen LogP contribution in [0.5, 0.6) is 11.5 Å². The number of fused-ring (bicyclic) bond motifs is 7. The molecule has 0 aliphatic carbocycles. The van der Waals surface area contributed by atoms with E-state index in [1.165, 1.54) is 0 Å². The Bertz CT molecular complexity index is 1190. The van der Waals surface area contributed by atoms with Crippen LogP contribution >= 0.6 is 7.57 Å². The monoisotopic (exact) mass is 404 g/mol.